The van der Waals surface area contributed by atoms with Gasteiger partial charge in [0.1, 0.15) is 0 Å². The van der Waals surface area contributed by atoms with Crippen molar-refractivity contribution in [2.75, 3.05) is 0 Å². The highest BCUT2D eigenvalue weighted by atomic mass is 32.2. The van der Waals surface area contributed by atoms with Gasteiger partial charge in [-0.2, -0.15) is 0 Å². The van der Waals surface area contributed by atoms with Gasteiger partial charge in [0, 0.05) is 0 Å². The first kappa shape index (κ1) is 11.9. The second-order valence-electron chi connectivity index (χ2n) is 2.77. The Morgan fingerprint density at radius 1 is 1.40 bits per heavy atom. The lowest BCUT2D eigenvalue weighted by Crippen LogP contribution is -2.44. The number of hydrazine groups is 1. The Hall–Kier alpha value is -1.18. The van der Waals surface area contributed by atoms with Crippen molar-refractivity contribution in [3.63, 3.8) is 0 Å². The second kappa shape index (κ2) is 5.64. The fourth-order valence-electron chi connectivity index (χ4n) is 1.03. The number of nitrogens with one attached hydrogen (secondary N) is 1. The Morgan fingerprint density at radius 2 is 2.00 bits per heavy atom. The van der Waals surface area contributed by atoms with E-state index in [1.165, 1.54) is 5.01 Å². The molecule has 0 radical (unpaired) electrons. The fraction of sp³-hybridized carbons (Fsp3) is 0.125. The van der Waals surface area contributed by atoms with Crippen LogP contribution in [0.5, 0.6) is 0 Å². The first-order valence-electron chi connectivity index (χ1n) is 4.11. The molecule has 82 valence electrons. The Balaban J connectivity index is 2.71. The van der Waals surface area contributed by atoms with Crippen LogP contribution in [0, 0.1) is 0 Å². The molecule has 0 aromatic heterocycles. The minimum atomic E-state index is -2.76. The lowest BCUT2D eigenvalue weighted by atomic mass is 10.2. The summed E-state index contributed by atoms with van der Waals surface area (Å²) in [6.45, 7) is 0.305. The van der Waals surface area contributed by atoms with E-state index in [9.17, 15) is 8.42 Å². The second-order valence-corrected chi connectivity index (χ2v) is 3.90. The van der Waals surface area contributed by atoms with Gasteiger partial charge >= 0.3 is 0 Å². The van der Waals surface area contributed by atoms with Gasteiger partial charge in [0.2, 0.25) is 10.9 Å². The third kappa shape index (κ3) is 4.24. The predicted molar refractivity (Wildman–Crippen MR) is 62.2 cm³/mol. The summed E-state index contributed by atoms with van der Waals surface area (Å²) in [5.41, 5.74) is 6.27. The number of hydrogen-bond acceptors (Lipinski definition) is 3. The molecule has 0 saturated carbocycles. The molecule has 3 N–H and O–H groups in total. The van der Waals surface area contributed by atoms with E-state index in [1.807, 2.05) is 30.3 Å². The number of nitrogens with zero attached hydrogens (tertiary/aromatic N) is 1. The van der Waals surface area contributed by atoms with Crippen molar-refractivity contribution < 1.29 is 8.42 Å². The topological polar surface area (TPSA) is 75.4 Å². The number of hydrogen-bond donors (Lipinski definition) is 3. The predicted octanol–water partition coefficient (Wildman–Crippen LogP) is -0.237. The minimum Gasteiger partial charge on any atom is -0.375 e. The fourth-order valence-corrected chi connectivity index (χ4v) is 1.58. The maximum absolute atomic E-state index is 10.5. The summed E-state index contributed by atoms with van der Waals surface area (Å²) < 4.78 is 20.9. The van der Waals surface area contributed by atoms with Crippen LogP contribution in [0.4, 0.5) is 0 Å². The molecule has 0 atom stereocenters. The molecular weight excluding hydrogens is 234 g/mol. The van der Waals surface area contributed by atoms with Gasteiger partial charge in [-0.3, -0.25) is 5.01 Å². The molecule has 1 rings (SSSR count). The molecule has 0 amide bonds. The molecule has 0 saturated heterocycles. The van der Waals surface area contributed by atoms with Gasteiger partial charge in [-0.25, -0.2) is 8.42 Å². The third-order valence-corrected chi connectivity index (χ3v) is 2.28. The van der Waals surface area contributed by atoms with E-state index in [0.717, 1.165) is 5.56 Å². The van der Waals surface area contributed by atoms with Crippen LogP contribution in [0.2, 0.25) is 0 Å². The number of benzene rings is 1. The molecule has 0 aliphatic heterocycles. The number of nitrogens with two attached hydrogens (primary N) is 1. The number of thiocarbonyl (C=S) groups is 1. The van der Waals surface area contributed by atoms with E-state index in [4.69, 9.17) is 18.0 Å². The summed E-state index contributed by atoms with van der Waals surface area (Å²) in [6.07, 6.45) is 0. The lowest BCUT2D eigenvalue weighted by Gasteiger charge is -2.19. The maximum atomic E-state index is 10.5. The normalized spacial score (nSPS) is 10.2. The SMILES string of the molecule is NC(=S)N(Cc1ccccc1)N[SH](=O)=O. The first-order valence-corrected chi connectivity index (χ1v) is 5.69. The summed E-state index contributed by atoms with van der Waals surface area (Å²) in [5.74, 6) is 0. The molecule has 15 heavy (non-hydrogen) atoms. The van der Waals surface area contributed by atoms with Crippen LogP contribution < -0.4 is 10.6 Å². The van der Waals surface area contributed by atoms with Crippen molar-refractivity contribution in [1.29, 1.82) is 0 Å². The van der Waals surface area contributed by atoms with Gasteiger partial charge in [0.25, 0.3) is 0 Å². The summed E-state index contributed by atoms with van der Waals surface area (Å²) in [7, 11) is -2.76. The molecule has 0 spiro atoms. The highest BCUT2D eigenvalue weighted by molar-refractivity contribution is 7.80. The summed E-state index contributed by atoms with van der Waals surface area (Å²) in [4.78, 5) is 2.15. The molecule has 1 aromatic carbocycles. The van der Waals surface area contributed by atoms with Gasteiger partial charge in [-0.1, -0.05) is 30.3 Å². The van der Waals surface area contributed by atoms with Crippen LogP contribution in [-0.2, 0) is 17.4 Å². The van der Waals surface area contributed by atoms with Crippen LogP contribution in [-0.4, -0.2) is 18.5 Å². The molecule has 7 heteroatoms. The van der Waals surface area contributed by atoms with Crippen LogP contribution in [0.3, 0.4) is 0 Å². The van der Waals surface area contributed by atoms with Crippen LogP contribution in [0.25, 0.3) is 0 Å². The minimum absolute atomic E-state index is 0.0157. The molecule has 5 nitrogen and oxygen atoms in total. The zero-order valence-corrected chi connectivity index (χ0v) is 9.50. The van der Waals surface area contributed by atoms with Crippen LogP contribution >= 0.6 is 12.2 Å². The van der Waals surface area contributed by atoms with Crippen LogP contribution in [0.15, 0.2) is 30.3 Å². The van der Waals surface area contributed by atoms with Crippen molar-refractivity contribution in [2.24, 2.45) is 5.73 Å². The van der Waals surface area contributed by atoms with Gasteiger partial charge in [-0.15, -0.1) is 4.83 Å². The molecule has 0 unspecified atom stereocenters. The highest BCUT2D eigenvalue weighted by Crippen LogP contribution is 2.01. The Kier molecular flexibility index (Phi) is 4.47. The number of thiol groups is 1. The average molecular weight is 245 g/mol. The molecule has 0 bridgehead atoms. The van der Waals surface area contributed by atoms with Gasteiger partial charge in [0.15, 0.2) is 5.11 Å². The van der Waals surface area contributed by atoms with Gasteiger partial charge in [-0.05, 0) is 17.8 Å². The molecule has 0 aliphatic carbocycles. The monoisotopic (exact) mass is 245 g/mol. The summed E-state index contributed by atoms with van der Waals surface area (Å²) in [5, 5.41) is 1.18. The molecule has 0 fully saturated rings. The van der Waals surface area contributed by atoms with Crippen molar-refractivity contribution in [2.45, 2.75) is 6.54 Å². The third-order valence-electron chi connectivity index (χ3n) is 1.65. The smallest absolute Gasteiger partial charge is 0.218 e. The molecule has 0 aliphatic rings. The summed E-state index contributed by atoms with van der Waals surface area (Å²) in [6, 6.07) is 9.28. The van der Waals surface area contributed by atoms with E-state index in [1.54, 1.807) is 0 Å². The standard InChI is InChI=1S/C8H11N3O2S2/c9-8(14)11(10-15(12)13)6-7-4-2-1-3-5-7/h1-5,15H,6H2,(H2,9,14)(H,10,12,13). The number of rotatable bonds is 4. The van der Waals surface area contributed by atoms with E-state index in [2.05, 4.69) is 4.83 Å². The quantitative estimate of drug-likeness (QED) is 0.388. The van der Waals surface area contributed by atoms with E-state index >= 15 is 0 Å². The first-order chi connectivity index (χ1) is 7.09. The Morgan fingerprint density at radius 3 is 2.47 bits per heavy atom. The highest BCUT2D eigenvalue weighted by Gasteiger charge is 2.06. The molecule has 1 aromatic rings. The largest absolute Gasteiger partial charge is 0.375 e. The van der Waals surface area contributed by atoms with Crippen molar-refractivity contribution in [3.05, 3.63) is 35.9 Å². The molecule has 0 heterocycles. The van der Waals surface area contributed by atoms with Gasteiger partial charge < -0.3 is 5.73 Å². The van der Waals surface area contributed by atoms with Crippen LogP contribution in [0.1, 0.15) is 5.56 Å². The van der Waals surface area contributed by atoms with E-state index in [0.29, 0.717) is 6.54 Å². The van der Waals surface area contributed by atoms with Crippen molar-refractivity contribution in [1.82, 2.24) is 9.84 Å². The molecular formula is C8H11N3O2S2. The zero-order valence-electron chi connectivity index (χ0n) is 7.79. The summed E-state index contributed by atoms with van der Waals surface area (Å²) >= 11 is 4.71. The maximum Gasteiger partial charge on any atom is 0.218 e. The zero-order chi connectivity index (χ0) is 11.3. The lowest BCUT2D eigenvalue weighted by molar-refractivity contribution is 0.378. The van der Waals surface area contributed by atoms with Crippen molar-refractivity contribution >= 4 is 28.2 Å². The van der Waals surface area contributed by atoms with E-state index < -0.39 is 10.9 Å². The van der Waals surface area contributed by atoms with Crippen molar-refractivity contribution in [3.8, 4) is 0 Å². The van der Waals surface area contributed by atoms with E-state index in [-0.39, 0.29) is 5.11 Å². The Labute approximate surface area is 94.9 Å². The van der Waals surface area contributed by atoms with Gasteiger partial charge in [0.05, 0.1) is 6.54 Å². The average Bonchev–Trinajstić information content (AvgIpc) is 2.17. The Bertz CT molecular complexity index is 398.